The third-order valence-electron chi connectivity index (χ3n) is 3.30. The Balaban J connectivity index is 1.78. The molecule has 2 heterocycles. The van der Waals surface area contributed by atoms with E-state index in [0.717, 1.165) is 33.6 Å². The van der Waals surface area contributed by atoms with Crippen molar-refractivity contribution in [2.45, 2.75) is 10.9 Å². The fourth-order valence-corrected chi connectivity index (χ4v) is 3.05. The van der Waals surface area contributed by atoms with Gasteiger partial charge in [0, 0.05) is 36.3 Å². The summed E-state index contributed by atoms with van der Waals surface area (Å²) in [6, 6.07) is 11.9. The molecule has 5 nitrogen and oxygen atoms in total. The molecule has 0 saturated carbocycles. The van der Waals surface area contributed by atoms with Crippen LogP contribution in [0, 0.1) is 0 Å². The number of methoxy groups -OCH3 is 1. The first kappa shape index (κ1) is 14.6. The number of hydrogen-bond acceptors (Lipinski definition) is 5. The monoisotopic (exact) mass is 312 g/mol. The molecule has 0 amide bonds. The fourth-order valence-electron chi connectivity index (χ4n) is 2.15. The van der Waals surface area contributed by atoms with E-state index in [9.17, 15) is 0 Å². The normalized spacial score (nSPS) is 10.6. The van der Waals surface area contributed by atoms with Crippen molar-refractivity contribution in [2.24, 2.45) is 7.05 Å². The summed E-state index contributed by atoms with van der Waals surface area (Å²) in [6.07, 6.45) is 3.54. The minimum absolute atomic E-state index is 0.781. The van der Waals surface area contributed by atoms with E-state index in [4.69, 9.17) is 4.74 Å². The minimum atomic E-state index is 0.781. The lowest BCUT2D eigenvalue weighted by Crippen LogP contribution is -1.96. The highest BCUT2D eigenvalue weighted by Gasteiger charge is 2.12. The number of pyridine rings is 1. The molecule has 0 aliphatic heterocycles. The van der Waals surface area contributed by atoms with Crippen LogP contribution in [0.25, 0.3) is 11.4 Å². The van der Waals surface area contributed by atoms with Gasteiger partial charge in [-0.15, -0.1) is 10.2 Å². The fraction of sp³-hybridized carbons (Fsp3) is 0.188. The second-order valence-corrected chi connectivity index (χ2v) is 5.65. The molecule has 0 bridgehead atoms. The zero-order valence-electron chi connectivity index (χ0n) is 12.4. The largest absolute Gasteiger partial charge is 0.496 e. The SMILES string of the molecule is COc1ccccc1CSc1nnc(-c2cccnc2)n1C. The van der Waals surface area contributed by atoms with Gasteiger partial charge in [0.2, 0.25) is 0 Å². The standard InChI is InChI=1S/C16H16N4OS/c1-20-15(12-7-5-9-17-10-12)18-19-16(20)22-11-13-6-3-4-8-14(13)21-2/h3-10H,11H2,1-2H3. The molecule has 0 saturated heterocycles. The average molecular weight is 312 g/mol. The molecule has 3 aromatic rings. The van der Waals surface area contributed by atoms with Crippen molar-refractivity contribution in [1.29, 1.82) is 0 Å². The van der Waals surface area contributed by atoms with Crippen LogP contribution in [0.2, 0.25) is 0 Å². The van der Waals surface area contributed by atoms with Crippen LogP contribution in [0.5, 0.6) is 5.75 Å². The maximum absolute atomic E-state index is 5.37. The quantitative estimate of drug-likeness (QED) is 0.677. The first-order valence-corrected chi connectivity index (χ1v) is 7.82. The third kappa shape index (κ3) is 2.96. The van der Waals surface area contributed by atoms with Crippen molar-refractivity contribution in [3.63, 3.8) is 0 Å². The summed E-state index contributed by atoms with van der Waals surface area (Å²) in [5.74, 6) is 2.49. The Morgan fingerprint density at radius 2 is 2.00 bits per heavy atom. The van der Waals surface area contributed by atoms with Crippen LogP contribution in [-0.4, -0.2) is 26.9 Å². The number of ether oxygens (including phenoxy) is 1. The molecule has 3 rings (SSSR count). The Kier molecular flexibility index (Phi) is 4.39. The molecule has 6 heteroatoms. The molecule has 0 N–H and O–H groups in total. The highest BCUT2D eigenvalue weighted by molar-refractivity contribution is 7.98. The summed E-state index contributed by atoms with van der Waals surface area (Å²) in [5.41, 5.74) is 2.10. The van der Waals surface area contributed by atoms with Gasteiger partial charge in [-0.3, -0.25) is 4.98 Å². The van der Waals surface area contributed by atoms with Crippen molar-refractivity contribution >= 4 is 11.8 Å². The third-order valence-corrected chi connectivity index (χ3v) is 4.37. The zero-order valence-corrected chi connectivity index (χ0v) is 13.2. The predicted octanol–water partition coefficient (Wildman–Crippen LogP) is 3.18. The Hall–Kier alpha value is -2.34. The molecule has 0 radical (unpaired) electrons. The Morgan fingerprint density at radius 3 is 2.77 bits per heavy atom. The van der Waals surface area contributed by atoms with Crippen LogP contribution < -0.4 is 4.74 Å². The van der Waals surface area contributed by atoms with E-state index in [2.05, 4.69) is 21.2 Å². The number of nitrogens with zero attached hydrogens (tertiary/aromatic N) is 4. The lowest BCUT2D eigenvalue weighted by atomic mass is 10.2. The van der Waals surface area contributed by atoms with Gasteiger partial charge in [-0.1, -0.05) is 30.0 Å². The number of hydrogen-bond donors (Lipinski definition) is 0. The van der Waals surface area contributed by atoms with Crippen LogP contribution in [0.1, 0.15) is 5.56 Å². The molecule has 1 aromatic carbocycles. The number of rotatable bonds is 5. The van der Waals surface area contributed by atoms with Crippen LogP contribution in [0.3, 0.4) is 0 Å². The van der Waals surface area contributed by atoms with Crippen LogP contribution in [0.15, 0.2) is 53.9 Å². The molecule has 2 aromatic heterocycles. The maximum Gasteiger partial charge on any atom is 0.191 e. The first-order valence-electron chi connectivity index (χ1n) is 6.84. The lowest BCUT2D eigenvalue weighted by molar-refractivity contribution is 0.411. The first-order chi connectivity index (χ1) is 10.8. The summed E-state index contributed by atoms with van der Waals surface area (Å²) in [6.45, 7) is 0. The summed E-state index contributed by atoms with van der Waals surface area (Å²) in [4.78, 5) is 4.12. The van der Waals surface area contributed by atoms with Gasteiger partial charge < -0.3 is 9.30 Å². The maximum atomic E-state index is 5.37. The Bertz CT molecular complexity index is 758. The van der Waals surface area contributed by atoms with Crippen molar-refractivity contribution in [3.8, 4) is 17.1 Å². The zero-order chi connectivity index (χ0) is 15.4. The second-order valence-electron chi connectivity index (χ2n) is 4.71. The van der Waals surface area contributed by atoms with Gasteiger partial charge in [0.1, 0.15) is 5.75 Å². The van der Waals surface area contributed by atoms with Gasteiger partial charge >= 0.3 is 0 Å². The van der Waals surface area contributed by atoms with Crippen LogP contribution in [-0.2, 0) is 12.8 Å². The van der Waals surface area contributed by atoms with E-state index >= 15 is 0 Å². The molecule has 0 fully saturated rings. The van der Waals surface area contributed by atoms with Gasteiger partial charge in [-0.05, 0) is 18.2 Å². The number of thioether (sulfide) groups is 1. The van der Waals surface area contributed by atoms with Crippen molar-refractivity contribution < 1.29 is 4.74 Å². The smallest absolute Gasteiger partial charge is 0.191 e. The Labute approximate surface area is 133 Å². The number of para-hydroxylation sites is 1. The van der Waals surface area contributed by atoms with Crippen LogP contribution >= 0.6 is 11.8 Å². The average Bonchev–Trinajstić information content (AvgIpc) is 2.95. The molecule has 0 aliphatic rings. The van der Waals surface area contributed by atoms with Gasteiger partial charge in [0.25, 0.3) is 0 Å². The van der Waals surface area contributed by atoms with Gasteiger partial charge in [-0.25, -0.2) is 0 Å². The summed E-state index contributed by atoms with van der Waals surface area (Å²) >= 11 is 1.63. The minimum Gasteiger partial charge on any atom is -0.496 e. The summed E-state index contributed by atoms with van der Waals surface area (Å²) in [5, 5.41) is 9.40. The number of aromatic nitrogens is 4. The van der Waals surface area contributed by atoms with Crippen molar-refractivity contribution in [3.05, 3.63) is 54.4 Å². The van der Waals surface area contributed by atoms with E-state index in [0.29, 0.717) is 0 Å². The van der Waals surface area contributed by atoms with E-state index in [-0.39, 0.29) is 0 Å². The van der Waals surface area contributed by atoms with Gasteiger partial charge in [0.05, 0.1) is 7.11 Å². The van der Waals surface area contributed by atoms with Crippen molar-refractivity contribution in [2.75, 3.05) is 7.11 Å². The second kappa shape index (κ2) is 6.62. The molecule has 0 atom stereocenters. The lowest BCUT2D eigenvalue weighted by Gasteiger charge is -2.07. The molecule has 0 spiro atoms. The number of benzene rings is 1. The van der Waals surface area contributed by atoms with Crippen molar-refractivity contribution in [1.82, 2.24) is 19.7 Å². The summed E-state index contributed by atoms with van der Waals surface area (Å²) < 4.78 is 7.36. The predicted molar refractivity (Wildman–Crippen MR) is 86.8 cm³/mol. The highest BCUT2D eigenvalue weighted by Crippen LogP contribution is 2.28. The van der Waals surface area contributed by atoms with Gasteiger partial charge in [-0.2, -0.15) is 0 Å². The van der Waals surface area contributed by atoms with E-state index in [1.807, 2.05) is 41.9 Å². The summed E-state index contributed by atoms with van der Waals surface area (Å²) in [7, 11) is 3.65. The molecular formula is C16H16N4OS. The van der Waals surface area contributed by atoms with Gasteiger partial charge in [0.15, 0.2) is 11.0 Å². The molecule has 0 unspecified atom stereocenters. The Morgan fingerprint density at radius 1 is 1.14 bits per heavy atom. The molecule has 112 valence electrons. The van der Waals surface area contributed by atoms with E-state index < -0.39 is 0 Å². The van der Waals surface area contributed by atoms with Crippen LogP contribution in [0.4, 0.5) is 0 Å². The van der Waals surface area contributed by atoms with E-state index in [1.165, 1.54) is 0 Å². The molecule has 0 aliphatic carbocycles. The highest BCUT2D eigenvalue weighted by atomic mass is 32.2. The molecule has 22 heavy (non-hydrogen) atoms. The molecular weight excluding hydrogens is 296 g/mol. The topological polar surface area (TPSA) is 52.8 Å². The van der Waals surface area contributed by atoms with E-state index in [1.54, 1.807) is 31.3 Å².